The van der Waals surface area contributed by atoms with E-state index in [0.29, 0.717) is 12.1 Å². The molecule has 0 radical (unpaired) electrons. The number of aliphatic imine (C=N–C) groups is 1. The Bertz CT molecular complexity index is 1160. The standard InChI is InChI=1S/C22H22F3N5O5/c1-11-2-4-12(5-3-11)19(34)16(9-18(32)33)30-17(31)10-28-20(35)13-6-14(22(23,24)25)8-15(7-13)29-21(26)27/h2-8,16H,9-10H2,1H3,(H,28,35)(H,30,31)(H,32,33)(H4,26,27,29). The molecule has 0 spiro atoms. The summed E-state index contributed by atoms with van der Waals surface area (Å²) in [6.45, 7) is 1.04. The van der Waals surface area contributed by atoms with E-state index < -0.39 is 65.8 Å². The van der Waals surface area contributed by atoms with Crippen LogP contribution in [0, 0.1) is 6.92 Å². The van der Waals surface area contributed by atoms with Gasteiger partial charge < -0.3 is 27.2 Å². The van der Waals surface area contributed by atoms with Gasteiger partial charge in [0.15, 0.2) is 11.7 Å². The molecule has 1 unspecified atom stereocenters. The minimum atomic E-state index is -4.80. The van der Waals surface area contributed by atoms with E-state index in [2.05, 4.69) is 15.6 Å². The normalized spacial score (nSPS) is 11.8. The summed E-state index contributed by atoms with van der Waals surface area (Å²) in [5, 5.41) is 13.4. The maximum Gasteiger partial charge on any atom is 0.416 e. The molecule has 186 valence electrons. The molecule has 13 heteroatoms. The van der Waals surface area contributed by atoms with E-state index in [1.54, 1.807) is 19.1 Å². The summed E-state index contributed by atoms with van der Waals surface area (Å²) < 4.78 is 39.5. The van der Waals surface area contributed by atoms with Gasteiger partial charge in [0.05, 0.1) is 24.2 Å². The molecule has 10 nitrogen and oxygen atoms in total. The highest BCUT2D eigenvalue weighted by Gasteiger charge is 2.32. The number of nitrogens with zero attached hydrogens (tertiary/aromatic N) is 1. The number of carbonyl (C=O) groups is 4. The number of amides is 2. The molecular formula is C22H22F3N5O5. The molecule has 2 rings (SSSR count). The van der Waals surface area contributed by atoms with Crippen LogP contribution < -0.4 is 22.1 Å². The minimum absolute atomic E-state index is 0.169. The van der Waals surface area contributed by atoms with Crippen LogP contribution in [0.25, 0.3) is 0 Å². The molecule has 0 fully saturated rings. The molecule has 0 saturated heterocycles. The monoisotopic (exact) mass is 493 g/mol. The zero-order chi connectivity index (χ0) is 26.3. The van der Waals surface area contributed by atoms with Crippen LogP contribution in [0.3, 0.4) is 0 Å². The molecule has 0 aromatic heterocycles. The van der Waals surface area contributed by atoms with Gasteiger partial charge in [-0.25, -0.2) is 4.99 Å². The van der Waals surface area contributed by atoms with Crippen LogP contribution >= 0.6 is 0 Å². The van der Waals surface area contributed by atoms with Gasteiger partial charge in [0.1, 0.15) is 6.04 Å². The topological polar surface area (TPSA) is 177 Å². The molecule has 0 heterocycles. The van der Waals surface area contributed by atoms with Crippen LogP contribution in [-0.4, -0.2) is 47.2 Å². The van der Waals surface area contributed by atoms with Crippen molar-refractivity contribution in [3.05, 3.63) is 64.7 Å². The summed E-state index contributed by atoms with van der Waals surface area (Å²) in [6.07, 6.45) is -5.52. The van der Waals surface area contributed by atoms with E-state index >= 15 is 0 Å². The van der Waals surface area contributed by atoms with Crippen molar-refractivity contribution in [3.8, 4) is 0 Å². The van der Waals surface area contributed by atoms with Crippen molar-refractivity contribution in [1.29, 1.82) is 0 Å². The zero-order valence-corrected chi connectivity index (χ0v) is 18.3. The van der Waals surface area contributed by atoms with Crippen molar-refractivity contribution in [2.24, 2.45) is 16.5 Å². The average molecular weight is 493 g/mol. The fraction of sp³-hybridized carbons (Fsp3) is 0.227. The van der Waals surface area contributed by atoms with Crippen LogP contribution in [0.15, 0.2) is 47.5 Å². The first kappa shape index (κ1) is 26.8. The van der Waals surface area contributed by atoms with Gasteiger partial charge in [-0.1, -0.05) is 29.8 Å². The molecule has 0 aliphatic rings. The second-order valence-corrected chi connectivity index (χ2v) is 7.43. The molecule has 0 bridgehead atoms. The highest BCUT2D eigenvalue weighted by molar-refractivity contribution is 6.04. The van der Waals surface area contributed by atoms with Crippen molar-refractivity contribution < 1.29 is 37.5 Å². The molecule has 7 N–H and O–H groups in total. The van der Waals surface area contributed by atoms with E-state index in [1.807, 2.05) is 0 Å². The number of nitrogens with two attached hydrogens (primary N) is 2. The van der Waals surface area contributed by atoms with Crippen LogP contribution in [0.5, 0.6) is 0 Å². The summed E-state index contributed by atoms with van der Waals surface area (Å²) in [7, 11) is 0. The number of ketones is 1. The van der Waals surface area contributed by atoms with Crippen molar-refractivity contribution >= 4 is 35.2 Å². The molecule has 35 heavy (non-hydrogen) atoms. The molecule has 2 aromatic rings. The number of aliphatic carboxylic acids is 1. The third-order valence-electron chi connectivity index (χ3n) is 4.54. The number of aryl methyl sites for hydroxylation is 1. The Labute approximate surface area is 197 Å². The molecule has 0 aliphatic heterocycles. The molecule has 0 saturated carbocycles. The number of Topliss-reactive ketones (excluding diaryl/α,β-unsaturated/α-hetero) is 1. The summed E-state index contributed by atoms with van der Waals surface area (Å²) in [6, 6.07) is 6.96. The Morgan fingerprint density at radius 2 is 1.66 bits per heavy atom. The van der Waals surface area contributed by atoms with Gasteiger partial charge in [-0.05, 0) is 25.1 Å². The third kappa shape index (κ3) is 8.14. The molecule has 0 aliphatic carbocycles. The lowest BCUT2D eigenvalue weighted by atomic mass is 10.0. The number of benzene rings is 2. The van der Waals surface area contributed by atoms with Crippen molar-refractivity contribution in [2.75, 3.05) is 6.54 Å². The van der Waals surface area contributed by atoms with Crippen molar-refractivity contribution in [3.63, 3.8) is 0 Å². The first-order valence-corrected chi connectivity index (χ1v) is 9.98. The highest BCUT2D eigenvalue weighted by atomic mass is 19.4. The van der Waals surface area contributed by atoms with Gasteiger partial charge in [0.25, 0.3) is 5.91 Å². The van der Waals surface area contributed by atoms with E-state index in [0.717, 1.165) is 11.6 Å². The second kappa shape index (κ2) is 11.1. The van der Waals surface area contributed by atoms with Crippen LogP contribution in [-0.2, 0) is 15.8 Å². The number of carboxylic acid groups (broad SMARTS) is 1. The Hall–Kier alpha value is -4.42. The van der Waals surface area contributed by atoms with E-state index in [9.17, 15) is 32.3 Å². The summed E-state index contributed by atoms with van der Waals surface area (Å²) in [5.74, 6) is -4.53. The van der Waals surface area contributed by atoms with Gasteiger partial charge >= 0.3 is 12.1 Å². The number of nitrogens with one attached hydrogen (secondary N) is 2. The van der Waals surface area contributed by atoms with Gasteiger partial charge in [0, 0.05) is 11.1 Å². The van der Waals surface area contributed by atoms with Crippen LogP contribution in [0.2, 0.25) is 0 Å². The van der Waals surface area contributed by atoms with Crippen LogP contribution in [0.4, 0.5) is 18.9 Å². The zero-order valence-electron chi connectivity index (χ0n) is 18.3. The SMILES string of the molecule is Cc1ccc(C(=O)C(CC(=O)O)NC(=O)CNC(=O)c2cc(N=C(N)N)cc(C(F)(F)F)c2)cc1. The maximum atomic E-state index is 13.2. The first-order chi connectivity index (χ1) is 16.3. The second-order valence-electron chi connectivity index (χ2n) is 7.43. The van der Waals surface area contributed by atoms with Gasteiger partial charge in [-0.15, -0.1) is 0 Å². The Balaban J connectivity index is 2.14. The van der Waals surface area contributed by atoms with E-state index in [1.165, 1.54) is 12.1 Å². The Morgan fingerprint density at radius 1 is 1.03 bits per heavy atom. The maximum absolute atomic E-state index is 13.2. The minimum Gasteiger partial charge on any atom is -0.481 e. The largest absolute Gasteiger partial charge is 0.481 e. The fourth-order valence-electron chi connectivity index (χ4n) is 2.93. The number of carboxylic acids is 1. The predicted octanol–water partition coefficient (Wildman–Crippen LogP) is 1.49. The lowest BCUT2D eigenvalue weighted by Crippen LogP contribution is -2.46. The summed E-state index contributed by atoms with van der Waals surface area (Å²) in [5.41, 5.74) is 9.39. The van der Waals surface area contributed by atoms with Crippen LogP contribution in [0.1, 0.15) is 38.3 Å². The van der Waals surface area contributed by atoms with Crippen molar-refractivity contribution in [2.45, 2.75) is 25.6 Å². The number of alkyl halides is 3. The number of carbonyl (C=O) groups excluding carboxylic acids is 3. The fourth-order valence-corrected chi connectivity index (χ4v) is 2.93. The number of rotatable bonds is 9. The lowest BCUT2D eigenvalue weighted by Gasteiger charge is -2.16. The Morgan fingerprint density at radius 3 is 2.20 bits per heavy atom. The average Bonchev–Trinajstić information content (AvgIpc) is 2.75. The third-order valence-corrected chi connectivity index (χ3v) is 4.54. The first-order valence-electron chi connectivity index (χ1n) is 9.98. The van der Waals surface area contributed by atoms with E-state index in [4.69, 9.17) is 16.6 Å². The summed E-state index contributed by atoms with van der Waals surface area (Å²) in [4.78, 5) is 52.0. The highest BCUT2D eigenvalue weighted by Crippen LogP contribution is 2.32. The number of guanidine groups is 1. The molecule has 2 amide bonds. The van der Waals surface area contributed by atoms with Gasteiger partial charge in [-0.2, -0.15) is 13.2 Å². The van der Waals surface area contributed by atoms with Gasteiger partial charge in [-0.3, -0.25) is 19.2 Å². The number of hydrogen-bond donors (Lipinski definition) is 5. The smallest absolute Gasteiger partial charge is 0.416 e. The predicted molar refractivity (Wildman–Crippen MR) is 119 cm³/mol. The van der Waals surface area contributed by atoms with E-state index in [-0.39, 0.29) is 11.3 Å². The summed E-state index contributed by atoms with van der Waals surface area (Å²) >= 11 is 0. The quantitative estimate of drug-likeness (QED) is 0.200. The number of halogens is 3. The Kier molecular flexibility index (Phi) is 8.54. The number of hydrogen-bond acceptors (Lipinski definition) is 5. The molecule has 2 aromatic carbocycles. The molecule has 1 atom stereocenters. The van der Waals surface area contributed by atoms with Gasteiger partial charge in [0.2, 0.25) is 5.91 Å². The lowest BCUT2D eigenvalue weighted by molar-refractivity contribution is -0.138. The molecular weight excluding hydrogens is 471 g/mol. The van der Waals surface area contributed by atoms with Crippen molar-refractivity contribution in [1.82, 2.24) is 10.6 Å².